The molecule has 1 atom stereocenters. The third-order valence-electron chi connectivity index (χ3n) is 4.52. The summed E-state index contributed by atoms with van der Waals surface area (Å²) in [7, 11) is 1.23. The average Bonchev–Trinajstić information content (AvgIpc) is 2.70. The van der Waals surface area contributed by atoms with Crippen LogP contribution in [-0.2, 0) is 18.9 Å². The van der Waals surface area contributed by atoms with Gasteiger partial charge in [0.25, 0.3) is 0 Å². The zero-order valence-corrected chi connectivity index (χ0v) is 17.5. The van der Waals surface area contributed by atoms with Crippen LogP contribution in [0.4, 0.5) is 9.59 Å². The second-order valence-electron chi connectivity index (χ2n) is 7.03. The fourth-order valence-corrected chi connectivity index (χ4v) is 3.32. The molecule has 30 heavy (non-hydrogen) atoms. The van der Waals surface area contributed by atoms with Crippen molar-refractivity contribution in [2.24, 2.45) is 0 Å². The van der Waals surface area contributed by atoms with Gasteiger partial charge in [0.2, 0.25) is 0 Å². The van der Waals surface area contributed by atoms with Crippen LogP contribution < -0.4 is 5.32 Å². The summed E-state index contributed by atoms with van der Waals surface area (Å²) in [5.41, 5.74) is 2.70. The topological polar surface area (TPSA) is 96.0 Å². The van der Waals surface area contributed by atoms with Gasteiger partial charge in [-0.2, -0.15) is 0 Å². The van der Waals surface area contributed by atoms with Crippen LogP contribution in [0.5, 0.6) is 0 Å². The molecule has 1 aromatic heterocycles. The van der Waals surface area contributed by atoms with E-state index in [-0.39, 0.29) is 17.6 Å². The van der Waals surface area contributed by atoms with Gasteiger partial charge in [-0.15, -0.1) is 0 Å². The largest absolute Gasteiger partial charge is 0.513 e. The number of hydrogen-bond acceptors (Lipinski definition) is 8. The van der Waals surface area contributed by atoms with Crippen molar-refractivity contribution in [2.45, 2.75) is 39.7 Å². The predicted molar refractivity (Wildman–Crippen MR) is 109 cm³/mol. The van der Waals surface area contributed by atoms with Crippen LogP contribution in [-0.4, -0.2) is 30.5 Å². The summed E-state index contributed by atoms with van der Waals surface area (Å²) in [5, 5.41) is 3.92. The summed E-state index contributed by atoms with van der Waals surface area (Å²) in [4.78, 5) is 28.7. The number of carbonyl (C=O) groups excluding carboxylic acids is 2. The molecular weight excluding hydrogens is 388 g/mol. The maximum Gasteiger partial charge on any atom is 0.513 e. The van der Waals surface area contributed by atoms with Gasteiger partial charge >= 0.3 is 12.3 Å². The maximum absolute atomic E-state index is 12.3. The van der Waals surface area contributed by atoms with Crippen molar-refractivity contribution in [2.75, 3.05) is 7.11 Å². The number of hydrogen-bond donors (Lipinski definition) is 1. The first kappa shape index (κ1) is 21.2. The van der Waals surface area contributed by atoms with E-state index in [2.05, 4.69) is 15.0 Å². The van der Waals surface area contributed by atoms with Gasteiger partial charge in [0, 0.05) is 11.6 Å². The highest BCUT2D eigenvalue weighted by Gasteiger charge is 2.36. The Balaban J connectivity index is 2.16. The van der Waals surface area contributed by atoms with Crippen molar-refractivity contribution in [3.8, 4) is 0 Å². The summed E-state index contributed by atoms with van der Waals surface area (Å²) < 4.78 is 20.9. The number of allylic oxidation sites excluding steroid dienone is 2. The minimum absolute atomic E-state index is 0.260. The summed E-state index contributed by atoms with van der Waals surface area (Å²) in [6.07, 6.45) is -0.414. The Kier molecular flexibility index (Phi) is 6.25. The van der Waals surface area contributed by atoms with E-state index in [1.807, 2.05) is 24.3 Å². The number of ether oxygens (including phenoxy) is 4. The van der Waals surface area contributed by atoms with Crippen molar-refractivity contribution < 1.29 is 28.5 Å². The maximum atomic E-state index is 12.3. The molecule has 1 aromatic carbocycles. The monoisotopic (exact) mass is 412 g/mol. The molecule has 2 aromatic rings. The molecule has 0 saturated heterocycles. The van der Waals surface area contributed by atoms with Crippen molar-refractivity contribution in [3.63, 3.8) is 0 Å². The minimum Gasteiger partial charge on any atom is -0.437 e. The number of carbonyl (C=O) groups is 2. The molecular formula is C22H24N2O6. The van der Waals surface area contributed by atoms with Gasteiger partial charge < -0.3 is 24.3 Å². The molecule has 1 aliphatic heterocycles. The summed E-state index contributed by atoms with van der Waals surface area (Å²) in [6, 6.07) is 9.35. The van der Waals surface area contributed by atoms with E-state index in [9.17, 15) is 9.59 Å². The van der Waals surface area contributed by atoms with E-state index in [4.69, 9.17) is 14.2 Å². The molecule has 0 bridgehead atoms. The van der Waals surface area contributed by atoms with Crippen molar-refractivity contribution in [1.82, 2.24) is 10.3 Å². The smallest absolute Gasteiger partial charge is 0.437 e. The molecule has 158 valence electrons. The molecule has 0 fully saturated rings. The first-order valence-electron chi connectivity index (χ1n) is 9.48. The first-order chi connectivity index (χ1) is 14.3. The third kappa shape index (κ3) is 4.37. The van der Waals surface area contributed by atoms with Crippen molar-refractivity contribution in [3.05, 3.63) is 65.0 Å². The van der Waals surface area contributed by atoms with Crippen LogP contribution in [0.3, 0.4) is 0 Å². The lowest BCUT2D eigenvalue weighted by Gasteiger charge is -2.30. The number of nitrogens with zero attached hydrogens (tertiary/aromatic N) is 1. The fraction of sp³-hybridized carbons (Fsp3) is 0.318. The molecule has 1 unspecified atom stereocenters. The van der Waals surface area contributed by atoms with Gasteiger partial charge in [0.05, 0.1) is 30.1 Å². The molecule has 1 aliphatic rings. The van der Waals surface area contributed by atoms with Crippen LogP contribution in [0.25, 0.3) is 10.9 Å². The van der Waals surface area contributed by atoms with Crippen LogP contribution in [0.1, 0.15) is 39.2 Å². The Hall–Kier alpha value is -3.55. The van der Waals surface area contributed by atoms with E-state index in [1.165, 1.54) is 7.11 Å². The zero-order valence-electron chi connectivity index (χ0n) is 17.5. The number of para-hydroxylation sites is 1. The summed E-state index contributed by atoms with van der Waals surface area (Å²) in [6.45, 7) is 6.99. The molecule has 0 aliphatic carbocycles. The Morgan fingerprint density at radius 2 is 1.63 bits per heavy atom. The number of methoxy groups -OCH3 is 1. The summed E-state index contributed by atoms with van der Waals surface area (Å²) in [5.74, 6) is -0.171. The van der Waals surface area contributed by atoms with Crippen LogP contribution >= 0.6 is 0 Å². The van der Waals surface area contributed by atoms with E-state index in [0.29, 0.717) is 11.4 Å². The van der Waals surface area contributed by atoms with Crippen LogP contribution in [0.2, 0.25) is 0 Å². The molecule has 2 heterocycles. The van der Waals surface area contributed by atoms with Crippen LogP contribution in [0, 0.1) is 0 Å². The third-order valence-corrected chi connectivity index (χ3v) is 4.52. The SMILES string of the molecule is COC(=O)OC1=C(C)NC(C)=C(OC(=O)OC(C)C)C1c1ccnc2ccccc12. The number of aromatic nitrogens is 1. The quantitative estimate of drug-likeness (QED) is 0.720. The van der Waals surface area contributed by atoms with Gasteiger partial charge in [-0.25, -0.2) is 9.59 Å². The molecule has 8 nitrogen and oxygen atoms in total. The van der Waals surface area contributed by atoms with Crippen molar-refractivity contribution in [1.29, 1.82) is 0 Å². The van der Waals surface area contributed by atoms with E-state index >= 15 is 0 Å². The van der Waals surface area contributed by atoms with Gasteiger partial charge in [-0.1, -0.05) is 18.2 Å². The number of rotatable bonds is 4. The molecule has 0 radical (unpaired) electrons. The number of fused-ring (bicyclic) bond motifs is 1. The zero-order chi connectivity index (χ0) is 21.8. The second-order valence-corrected chi connectivity index (χ2v) is 7.03. The van der Waals surface area contributed by atoms with Gasteiger partial charge in [-0.3, -0.25) is 4.98 Å². The highest BCUT2D eigenvalue weighted by molar-refractivity contribution is 5.83. The van der Waals surface area contributed by atoms with Crippen LogP contribution in [0.15, 0.2) is 59.4 Å². The molecule has 1 N–H and O–H groups in total. The molecule has 0 amide bonds. The van der Waals surface area contributed by atoms with Gasteiger partial charge in [0.15, 0.2) is 0 Å². The lowest BCUT2D eigenvalue weighted by Crippen LogP contribution is -2.29. The van der Waals surface area contributed by atoms with E-state index < -0.39 is 18.2 Å². The fourth-order valence-electron chi connectivity index (χ4n) is 3.32. The molecule has 0 spiro atoms. The Bertz CT molecular complexity index is 1040. The number of benzene rings is 1. The molecule has 3 rings (SSSR count). The molecule has 8 heteroatoms. The highest BCUT2D eigenvalue weighted by atomic mass is 16.7. The number of dihydropyridines is 1. The van der Waals surface area contributed by atoms with E-state index in [1.54, 1.807) is 40.0 Å². The lowest BCUT2D eigenvalue weighted by molar-refractivity contribution is 0.0469. The molecule has 0 saturated carbocycles. The number of pyridine rings is 1. The average molecular weight is 412 g/mol. The first-order valence-corrected chi connectivity index (χ1v) is 9.48. The Morgan fingerprint density at radius 1 is 1.00 bits per heavy atom. The van der Waals surface area contributed by atoms with E-state index in [0.717, 1.165) is 16.5 Å². The van der Waals surface area contributed by atoms with Gasteiger partial charge in [-0.05, 0) is 45.4 Å². The standard InChI is InChI=1S/C22H24N2O6/c1-12(2)28-22(26)30-20-14(4)24-13(3)19(29-21(25)27-5)18(20)16-10-11-23-17-9-7-6-8-15(16)17/h6-12,18,24H,1-5H3. The Labute approximate surface area is 174 Å². The normalized spacial score (nSPS) is 16.4. The second kappa shape index (κ2) is 8.86. The van der Waals surface area contributed by atoms with Crippen molar-refractivity contribution >= 4 is 23.2 Å². The Morgan fingerprint density at radius 3 is 2.27 bits per heavy atom. The minimum atomic E-state index is -0.877. The highest BCUT2D eigenvalue weighted by Crippen LogP contribution is 2.41. The predicted octanol–water partition coefficient (Wildman–Crippen LogP) is 4.73. The van der Waals surface area contributed by atoms with Gasteiger partial charge in [0.1, 0.15) is 17.4 Å². The lowest BCUT2D eigenvalue weighted by atomic mass is 9.88. The summed E-state index contributed by atoms with van der Waals surface area (Å²) >= 11 is 0. The number of nitrogens with one attached hydrogen (secondary N) is 1.